The molecule has 0 radical (unpaired) electrons. The average Bonchev–Trinajstić information content (AvgIpc) is 2.62. The summed E-state index contributed by atoms with van der Waals surface area (Å²) in [7, 11) is -2.70. The molecule has 25 heavy (non-hydrogen) atoms. The zero-order valence-corrected chi connectivity index (χ0v) is 14.8. The summed E-state index contributed by atoms with van der Waals surface area (Å²) in [5, 5.41) is 9.04. The Labute approximate surface area is 147 Å². The number of carboxylic acid groups (broad SMARTS) is 1. The summed E-state index contributed by atoms with van der Waals surface area (Å²) in [6.45, 7) is -0.124. The highest BCUT2D eigenvalue weighted by Crippen LogP contribution is 2.22. The van der Waals surface area contributed by atoms with Crippen LogP contribution in [0.1, 0.15) is 18.4 Å². The van der Waals surface area contributed by atoms with Crippen LogP contribution in [-0.2, 0) is 31.1 Å². The van der Waals surface area contributed by atoms with Gasteiger partial charge in [0, 0.05) is 19.6 Å². The largest absolute Gasteiger partial charge is 0.481 e. The van der Waals surface area contributed by atoms with Crippen molar-refractivity contribution in [2.45, 2.75) is 19.4 Å². The van der Waals surface area contributed by atoms with E-state index in [1.165, 1.54) is 11.4 Å². The van der Waals surface area contributed by atoms with Gasteiger partial charge in [0.15, 0.2) is 0 Å². The quantitative estimate of drug-likeness (QED) is 0.709. The lowest BCUT2D eigenvalue weighted by Crippen LogP contribution is -2.49. The maximum absolute atomic E-state index is 12.9. The van der Waals surface area contributed by atoms with Crippen LogP contribution in [0, 0.1) is 5.92 Å². The molecule has 0 atom stereocenters. The van der Waals surface area contributed by atoms with E-state index < -0.39 is 34.6 Å². The van der Waals surface area contributed by atoms with Crippen LogP contribution >= 0.6 is 0 Å². The number of piperidine rings is 1. The predicted molar refractivity (Wildman–Crippen MR) is 89.7 cm³/mol. The number of esters is 1. The number of methoxy groups -OCH3 is 1. The van der Waals surface area contributed by atoms with Crippen LogP contribution in [0.25, 0.3) is 0 Å². The van der Waals surface area contributed by atoms with Crippen molar-refractivity contribution in [1.82, 2.24) is 8.61 Å². The molecule has 0 aliphatic carbocycles. The van der Waals surface area contributed by atoms with E-state index in [1.54, 1.807) is 24.3 Å². The van der Waals surface area contributed by atoms with Gasteiger partial charge in [-0.1, -0.05) is 30.3 Å². The molecule has 0 amide bonds. The van der Waals surface area contributed by atoms with Gasteiger partial charge in [-0.15, -0.1) is 0 Å². The summed E-state index contributed by atoms with van der Waals surface area (Å²) < 4.78 is 32.7. The fraction of sp³-hybridized carbons (Fsp3) is 0.500. The van der Waals surface area contributed by atoms with Crippen molar-refractivity contribution in [3.8, 4) is 0 Å². The van der Waals surface area contributed by atoms with E-state index in [2.05, 4.69) is 4.74 Å². The number of carboxylic acids is 1. The van der Waals surface area contributed by atoms with Crippen LogP contribution in [0.2, 0.25) is 0 Å². The summed E-state index contributed by atoms with van der Waals surface area (Å²) >= 11 is 0. The predicted octanol–water partition coefficient (Wildman–Crippen LogP) is 0.703. The molecule has 0 bridgehead atoms. The minimum atomic E-state index is -3.90. The molecule has 1 fully saturated rings. The van der Waals surface area contributed by atoms with Gasteiger partial charge in [0.1, 0.15) is 6.54 Å². The lowest BCUT2D eigenvalue weighted by Gasteiger charge is -2.33. The number of nitrogens with zero attached hydrogens (tertiary/aromatic N) is 2. The van der Waals surface area contributed by atoms with Gasteiger partial charge in [-0.25, -0.2) is 0 Å². The zero-order valence-electron chi connectivity index (χ0n) is 14.0. The number of carbonyl (C=O) groups is 2. The molecule has 1 aromatic carbocycles. The standard InChI is InChI=1S/C16H22N2O6S/c1-24-15(19)12-18(11-13-5-3-2-4-6-13)25(22,23)17-9-7-14(8-10-17)16(20)21/h2-6,14H,7-12H2,1H3,(H,20,21). The molecule has 1 saturated heterocycles. The van der Waals surface area contributed by atoms with Crippen molar-refractivity contribution in [3.63, 3.8) is 0 Å². The van der Waals surface area contributed by atoms with Crippen LogP contribution in [0.15, 0.2) is 30.3 Å². The summed E-state index contributed by atoms with van der Waals surface area (Å²) in [4.78, 5) is 22.7. The lowest BCUT2D eigenvalue weighted by atomic mass is 9.99. The van der Waals surface area contributed by atoms with Crippen LogP contribution in [0.5, 0.6) is 0 Å². The van der Waals surface area contributed by atoms with Crippen molar-refractivity contribution in [2.24, 2.45) is 5.92 Å². The van der Waals surface area contributed by atoms with Crippen molar-refractivity contribution >= 4 is 22.1 Å². The van der Waals surface area contributed by atoms with E-state index in [0.29, 0.717) is 0 Å². The maximum Gasteiger partial charge on any atom is 0.321 e. The Kier molecular flexibility index (Phi) is 6.51. The molecule has 1 aliphatic heterocycles. The van der Waals surface area contributed by atoms with Gasteiger partial charge in [-0.05, 0) is 18.4 Å². The van der Waals surface area contributed by atoms with E-state index in [1.807, 2.05) is 6.07 Å². The Balaban J connectivity index is 2.16. The highest BCUT2D eigenvalue weighted by Gasteiger charge is 2.35. The molecule has 8 nitrogen and oxygen atoms in total. The molecule has 9 heteroatoms. The average molecular weight is 370 g/mol. The topological polar surface area (TPSA) is 104 Å². The molecule has 0 spiro atoms. The van der Waals surface area contributed by atoms with Gasteiger partial charge < -0.3 is 9.84 Å². The molecule has 1 aliphatic rings. The van der Waals surface area contributed by atoms with E-state index in [-0.39, 0.29) is 32.5 Å². The van der Waals surface area contributed by atoms with Crippen molar-refractivity contribution in [1.29, 1.82) is 0 Å². The Morgan fingerprint density at radius 3 is 2.36 bits per heavy atom. The third-order valence-electron chi connectivity index (χ3n) is 4.19. The first-order chi connectivity index (χ1) is 11.8. The summed E-state index contributed by atoms with van der Waals surface area (Å²) in [5.41, 5.74) is 0.746. The summed E-state index contributed by atoms with van der Waals surface area (Å²) in [6.07, 6.45) is 0.512. The van der Waals surface area contributed by atoms with Gasteiger partial charge in [-0.2, -0.15) is 17.0 Å². The van der Waals surface area contributed by atoms with Gasteiger partial charge in [0.25, 0.3) is 10.2 Å². The van der Waals surface area contributed by atoms with E-state index >= 15 is 0 Å². The second kappa shape index (κ2) is 8.41. The molecule has 2 rings (SSSR count). The Morgan fingerprint density at radius 1 is 1.24 bits per heavy atom. The third kappa shape index (κ3) is 5.00. The maximum atomic E-state index is 12.9. The Morgan fingerprint density at radius 2 is 1.84 bits per heavy atom. The molecule has 0 saturated carbocycles. The minimum absolute atomic E-state index is 0.0388. The van der Waals surface area contributed by atoms with Crippen LogP contribution < -0.4 is 0 Å². The number of hydrogen-bond donors (Lipinski definition) is 1. The molecular formula is C16H22N2O6S. The van der Waals surface area contributed by atoms with E-state index in [9.17, 15) is 18.0 Å². The second-order valence-corrected chi connectivity index (χ2v) is 7.78. The molecule has 0 aromatic heterocycles. The second-order valence-electron chi connectivity index (χ2n) is 5.85. The number of ether oxygens (including phenoxy) is 1. The summed E-state index contributed by atoms with van der Waals surface area (Å²) in [6, 6.07) is 8.94. The normalized spacial score (nSPS) is 16.7. The van der Waals surface area contributed by atoms with Crippen molar-refractivity contribution in [3.05, 3.63) is 35.9 Å². The smallest absolute Gasteiger partial charge is 0.321 e. The monoisotopic (exact) mass is 370 g/mol. The van der Waals surface area contributed by atoms with Gasteiger partial charge in [-0.3, -0.25) is 9.59 Å². The number of hydrogen-bond acceptors (Lipinski definition) is 5. The molecule has 0 unspecified atom stereocenters. The fourth-order valence-electron chi connectivity index (χ4n) is 2.71. The van der Waals surface area contributed by atoms with Gasteiger partial charge >= 0.3 is 11.9 Å². The van der Waals surface area contributed by atoms with Gasteiger partial charge in [0.2, 0.25) is 0 Å². The number of carbonyl (C=O) groups excluding carboxylic acids is 1. The molecule has 1 heterocycles. The van der Waals surface area contributed by atoms with Crippen LogP contribution in [-0.4, -0.2) is 60.8 Å². The van der Waals surface area contributed by atoms with Gasteiger partial charge in [0.05, 0.1) is 13.0 Å². The first kappa shape index (κ1) is 19.4. The van der Waals surface area contributed by atoms with E-state index in [4.69, 9.17) is 5.11 Å². The number of rotatable bonds is 7. The number of aliphatic carboxylic acids is 1. The first-order valence-electron chi connectivity index (χ1n) is 7.93. The van der Waals surface area contributed by atoms with E-state index in [0.717, 1.165) is 9.87 Å². The molecular weight excluding hydrogens is 348 g/mol. The first-order valence-corrected chi connectivity index (χ1v) is 9.33. The Bertz CT molecular complexity index is 699. The Hall–Kier alpha value is -1.97. The molecule has 1 aromatic rings. The van der Waals surface area contributed by atoms with Crippen molar-refractivity contribution in [2.75, 3.05) is 26.7 Å². The summed E-state index contributed by atoms with van der Waals surface area (Å²) in [5.74, 6) is -2.10. The third-order valence-corrected chi connectivity index (χ3v) is 6.12. The lowest BCUT2D eigenvalue weighted by molar-refractivity contribution is -0.143. The van der Waals surface area contributed by atoms with Crippen LogP contribution in [0.4, 0.5) is 0 Å². The van der Waals surface area contributed by atoms with Crippen molar-refractivity contribution < 1.29 is 27.9 Å². The van der Waals surface area contributed by atoms with Crippen LogP contribution in [0.3, 0.4) is 0 Å². The fourth-order valence-corrected chi connectivity index (χ4v) is 4.29. The number of benzene rings is 1. The minimum Gasteiger partial charge on any atom is -0.481 e. The molecule has 138 valence electrons. The highest BCUT2D eigenvalue weighted by molar-refractivity contribution is 7.86. The zero-order chi connectivity index (χ0) is 18.4. The highest BCUT2D eigenvalue weighted by atomic mass is 32.2. The SMILES string of the molecule is COC(=O)CN(Cc1ccccc1)S(=O)(=O)N1CCC(C(=O)O)CC1. The molecule has 1 N–H and O–H groups in total.